The van der Waals surface area contributed by atoms with Crippen LogP contribution in [0.3, 0.4) is 0 Å². The van der Waals surface area contributed by atoms with E-state index < -0.39 is 0 Å². The Morgan fingerprint density at radius 1 is 1.09 bits per heavy atom. The molecule has 0 aromatic heterocycles. The van der Waals surface area contributed by atoms with Crippen molar-refractivity contribution >= 4 is 0 Å². The molecule has 11 heavy (non-hydrogen) atoms. The molecular weight excluding hydrogens is 132 g/mol. The lowest BCUT2D eigenvalue weighted by atomic mass is 9.86. The summed E-state index contributed by atoms with van der Waals surface area (Å²) in [5, 5.41) is 0. The van der Waals surface area contributed by atoms with Crippen LogP contribution in [-0.2, 0) is 0 Å². The van der Waals surface area contributed by atoms with Crippen molar-refractivity contribution in [2.75, 3.05) is 0 Å². The van der Waals surface area contributed by atoms with E-state index in [0.717, 1.165) is 11.8 Å². The minimum absolute atomic E-state index is 0. The van der Waals surface area contributed by atoms with Crippen LogP contribution in [0.25, 0.3) is 0 Å². The Hall–Kier alpha value is -0.260. The van der Waals surface area contributed by atoms with Gasteiger partial charge >= 0.3 is 0 Å². The third-order valence-corrected chi connectivity index (χ3v) is 2.95. The molecule has 64 valence electrons. The first-order chi connectivity index (χ1) is 4.95. The van der Waals surface area contributed by atoms with E-state index >= 15 is 0 Å². The fourth-order valence-electron chi connectivity index (χ4n) is 2.36. The first-order valence-electron chi connectivity index (χ1n) is 4.62. The third-order valence-electron chi connectivity index (χ3n) is 2.95. The zero-order valence-corrected chi connectivity index (χ0v) is 6.55. The smallest absolute Gasteiger partial charge is 0.0231 e. The second kappa shape index (κ2) is 3.94. The van der Waals surface area contributed by atoms with Crippen molar-refractivity contribution in [3.63, 3.8) is 0 Å². The highest BCUT2D eigenvalue weighted by atomic mass is 14.3. The quantitative estimate of drug-likeness (QED) is 0.463. The van der Waals surface area contributed by atoms with Gasteiger partial charge in [0.15, 0.2) is 0 Å². The van der Waals surface area contributed by atoms with Crippen molar-refractivity contribution in [1.29, 1.82) is 0 Å². The molecule has 0 nitrogen and oxygen atoms in total. The lowest BCUT2D eigenvalue weighted by molar-refractivity contribution is 0.404. The van der Waals surface area contributed by atoms with Crippen LogP contribution >= 0.6 is 0 Å². The van der Waals surface area contributed by atoms with Crippen LogP contribution in [0.1, 0.15) is 46.0 Å². The van der Waals surface area contributed by atoms with Gasteiger partial charge in [0.1, 0.15) is 0 Å². The monoisotopic (exact) mass is 152 g/mol. The molecule has 2 aliphatic rings. The fraction of sp³-hybridized carbons (Fsp3) is 0.818. The minimum atomic E-state index is 0. The number of fused-ring (bicyclic) bond motifs is 2. The summed E-state index contributed by atoms with van der Waals surface area (Å²) in [5.74, 6) is 2.01. The molecule has 1 saturated carbocycles. The van der Waals surface area contributed by atoms with Gasteiger partial charge in [0.25, 0.3) is 0 Å². The summed E-state index contributed by atoms with van der Waals surface area (Å²) in [6, 6.07) is 0. The fourth-order valence-corrected chi connectivity index (χ4v) is 2.36. The largest absolute Gasteiger partial charge is 0.0880 e. The standard InChI is InChI=1S/C10H16.CH4/c1-2-5-10-7-3-6-9(4-1)8-10;/h3,6,9-10H,1-2,4-5,7-8H2;1H4. The molecule has 0 N–H and O–H groups in total. The number of allylic oxidation sites excluding steroid dienone is 2. The van der Waals surface area contributed by atoms with E-state index in [1.807, 2.05) is 0 Å². The van der Waals surface area contributed by atoms with Crippen LogP contribution in [0.2, 0.25) is 0 Å². The lowest BCUT2D eigenvalue weighted by Gasteiger charge is -2.20. The Morgan fingerprint density at radius 2 is 1.91 bits per heavy atom. The molecule has 2 atom stereocenters. The topological polar surface area (TPSA) is 0 Å². The van der Waals surface area contributed by atoms with Gasteiger partial charge < -0.3 is 0 Å². The summed E-state index contributed by atoms with van der Waals surface area (Å²) in [7, 11) is 0. The third kappa shape index (κ3) is 2.08. The molecule has 0 heteroatoms. The van der Waals surface area contributed by atoms with E-state index in [4.69, 9.17) is 0 Å². The van der Waals surface area contributed by atoms with Crippen LogP contribution in [0, 0.1) is 11.8 Å². The molecule has 2 bridgehead atoms. The lowest BCUT2D eigenvalue weighted by Crippen LogP contribution is -2.07. The molecular formula is C11H20. The SMILES string of the molecule is C.C1=CC2CCCCC(C1)C2. The molecule has 0 heterocycles. The number of rotatable bonds is 0. The molecule has 0 radical (unpaired) electrons. The van der Waals surface area contributed by atoms with Gasteiger partial charge in [-0.25, -0.2) is 0 Å². The van der Waals surface area contributed by atoms with Gasteiger partial charge in [0, 0.05) is 0 Å². The van der Waals surface area contributed by atoms with Crippen LogP contribution in [0.5, 0.6) is 0 Å². The molecule has 0 spiro atoms. The molecule has 0 saturated heterocycles. The zero-order chi connectivity index (χ0) is 6.81. The number of hydrogen-bond acceptors (Lipinski definition) is 0. The Labute approximate surface area is 70.7 Å². The van der Waals surface area contributed by atoms with E-state index in [9.17, 15) is 0 Å². The summed E-state index contributed by atoms with van der Waals surface area (Å²) < 4.78 is 0. The molecule has 0 aliphatic heterocycles. The van der Waals surface area contributed by atoms with Gasteiger partial charge in [-0.15, -0.1) is 0 Å². The first kappa shape index (κ1) is 8.83. The highest BCUT2D eigenvalue weighted by molar-refractivity contribution is 4.97. The van der Waals surface area contributed by atoms with Crippen molar-refractivity contribution in [2.45, 2.75) is 46.0 Å². The average Bonchev–Trinajstić information content (AvgIpc) is 2.12. The van der Waals surface area contributed by atoms with Gasteiger partial charge in [0.2, 0.25) is 0 Å². The summed E-state index contributed by atoms with van der Waals surface area (Å²) in [6.07, 6.45) is 13.7. The predicted octanol–water partition coefficient (Wildman–Crippen LogP) is 3.78. The predicted molar refractivity (Wildman–Crippen MR) is 50.6 cm³/mol. The van der Waals surface area contributed by atoms with Gasteiger partial charge in [0.05, 0.1) is 0 Å². The van der Waals surface area contributed by atoms with Crippen molar-refractivity contribution in [2.24, 2.45) is 11.8 Å². The Bertz CT molecular complexity index is 135. The molecule has 2 aliphatic carbocycles. The maximum atomic E-state index is 2.45. The van der Waals surface area contributed by atoms with Gasteiger partial charge in [-0.05, 0) is 31.1 Å². The van der Waals surface area contributed by atoms with Gasteiger partial charge in [-0.2, -0.15) is 0 Å². The molecule has 0 aromatic carbocycles. The molecule has 0 amide bonds. The second-order valence-electron chi connectivity index (χ2n) is 3.81. The maximum absolute atomic E-state index is 2.45. The van der Waals surface area contributed by atoms with Crippen LogP contribution in [-0.4, -0.2) is 0 Å². The Kier molecular flexibility index (Phi) is 3.16. The molecule has 2 rings (SSSR count). The summed E-state index contributed by atoms with van der Waals surface area (Å²) in [6.45, 7) is 0. The Morgan fingerprint density at radius 3 is 2.82 bits per heavy atom. The highest BCUT2D eigenvalue weighted by Crippen LogP contribution is 2.33. The van der Waals surface area contributed by atoms with Crippen LogP contribution < -0.4 is 0 Å². The summed E-state index contributed by atoms with van der Waals surface area (Å²) in [5.41, 5.74) is 0. The van der Waals surface area contributed by atoms with Crippen LogP contribution in [0.15, 0.2) is 12.2 Å². The maximum Gasteiger partial charge on any atom is -0.0231 e. The minimum Gasteiger partial charge on any atom is -0.0880 e. The zero-order valence-electron chi connectivity index (χ0n) is 6.55. The van der Waals surface area contributed by atoms with Crippen molar-refractivity contribution in [1.82, 2.24) is 0 Å². The van der Waals surface area contributed by atoms with Gasteiger partial charge in [-0.3, -0.25) is 0 Å². The molecule has 0 aromatic rings. The molecule has 2 unspecified atom stereocenters. The summed E-state index contributed by atoms with van der Waals surface area (Å²) in [4.78, 5) is 0. The highest BCUT2D eigenvalue weighted by Gasteiger charge is 2.20. The van der Waals surface area contributed by atoms with E-state index in [1.165, 1.54) is 38.5 Å². The second-order valence-corrected chi connectivity index (χ2v) is 3.81. The molecule has 1 fully saturated rings. The Balaban J connectivity index is 0.000000605. The van der Waals surface area contributed by atoms with E-state index in [2.05, 4.69) is 12.2 Å². The van der Waals surface area contributed by atoms with Gasteiger partial charge in [-0.1, -0.05) is 38.8 Å². The van der Waals surface area contributed by atoms with E-state index in [-0.39, 0.29) is 7.43 Å². The van der Waals surface area contributed by atoms with Crippen molar-refractivity contribution in [3.05, 3.63) is 12.2 Å². The summed E-state index contributed by atoms with van der Waals surface area (Å²) >= 11 is 0. The average molecular weight is 152 g/mol. The van der Waals surface area contributed by atoms with Crippen LogP contribution in [0.4, 0.5) is 0 Å². The van der Waals surface area contributed by atoms with Crippen molar-refractivity contribution < 1.29 is 0 Å². The first-order valence-corrected chi connectivity index (χ1v) is 4.62. The van der Waals surface area contributed by atoms with E-state index in [0.29, 0.717) is 0 Å². The normalized spacial score (nSPS) is 35.6. The number of hydrogen-bond donors (Lipinski definition) is 0. The van der Waals surface area contributed by atoms with Crippen molar-refractivity contribution in [3.8, 4) is 0 Å². The van der Waals surface area contributed by atoms with E-state index in [1.54, 1.807) is 0 Å².